The first-order valence-corrected chi connectivity index (χ1v) is 8.49. The van der Waals surface area contributed by atoms with Gasteiger partial charge in [-0.05, 0) is 31.9 Å². The Morgan fingerprint density at radius 2 is 2.25 bits per heavy atom. The maximum atomic E-state index is 12.9. The number of rotatable bonds is 3. The molecule has 7 heteroatoms. The van der Waals surface area contributed by atoms with E-state index in [0.29, 0.717) is 5.16 Å². The number of aromatic nitrogens is 2. The van der Waals surface area contributed by atoms with Gasteiger partial charge in [0.25, 0.3) is 0 Å². The monoisotopic (exact) mass is 339 g/mol. The molecular weight excluding hydrogens is 322 g/mol. The van der Waals surface area contributed by atoms with E-state index in [4.69, 9.17) is 11.0 Å². The molecule has 0 fully saturated rings. The predicted octanol–water partition coefficient (Wildman–Crippen LogP) is 2.39. The summed E-state index contributed by atoms with van der Waals surface area (Å²) < 4.78 is 0. The maximum absolute atomic E-state index is 12.9. The molecule has 1 aliphatic rings. The number of para-hydroxylation sites is 1. The maximum Gasteiger partial charge on any atom is 0.240 e. The number of carbonyl (C=O) groups is 1. The highest BCUT2D eigenvalue weighted by Crippen LogP contribution is 2.34. The number of nitriles is 1. The van der Waals surface area contributed by atoms with Crippen LogP contribution in [0.2, 0.25) is 0 Å². The number of carbonyl (C=O) groups excluding carboxylic acids is 1. The minimum absolute atomic E-state index is 0.0176. The van der Waals surface area contributed by atoms with E-state index in [2.05, 4.69) is 16.0 Å². The van der Waals surface area contributed by atoms with E-state index in [1.807, 2.05) is 43.0 Å². The molecule has 2 aromatic rings. The van der Waals surface area contributed by atoms with E-state index in [9.17, 15) is 4.79 Å². The molecule has 0 saturated heterocycles. The Labute approximate surface area is 144 Å². The first-order valence-electron chi connectivity index (χ1n) is 7.61. The number of nitrogen functional groups attached to an aromatic ring is 1. The van der Waals surface area contributed by atoms with Crippen LogP contribution in [0.5, 0.6) is 0 Å². The van der Waals surface area contributed by atoms with Gasteiger partial charge in [0.15, 0.2) is 5.16 Å². The lowest BCUT2D eigenvalue weighted by Crippen LogP contribution is -2.40. The van der Waals surface area contributed by atoms with Crippen LogP contribution in [-0.2, 0) is 11.2 Å². The Kier molecular flexibility index (Phi) is 4.40. The molecule has 3 rings (SSSR count). The number of nitrogens with two attached hydrogens (primary N) is 1. The van der Waals surface area contributed by atoms with Crippen molar-refractivity contribution in [3.05, 3.63) is 41.6 Å². The smallest absolute Gasteiger partial charge is 0.240 e. The van der Waals surface area contributed by atoms with Crippen LogP contribution in [0.15, 0.2) is 35.6 Å². The highest BCUT2D eigenvalue weighted by molar-refractivity contribution is 8.00. The quantitative estimate of drug-likeness (QED) is 0.681. The summed E-state index contributed by atoms with van der Waals surface area (Å²) >= 11 is 1.25. The van der Waals surface area contributed by atoms with Crippen LogP contribution in [0.3, 0.4) is 0 Å². The van der Waals surface area contributed by atoms with Crippen LogP contribution in [-0.4, -0.2) is 27.2 Å². The third-order valence-electron chi connectivity index (χ3n) is 3.99. The predicted molar refractivity (Wildman–Crippen MR) is 93.6 cm³/mol. The summed E-state index contributed by atoms with van der Waals surface area (Å²) in [5, 5.41) is 8.91. The molecule has 122 valence electrons. The summed E-state index contributed by atoms with van der Waals surface area (Å²) in [6.07, 6.45) is 2.25. The average Bonchev–Trinajstić information content (AvgIpc) is 2.90. The van der Waals surface area contributed by atoms with Gasteiger partial charge in [0, 0.05) is 11.7 Å². The lowest BCUT2D eigenvalue weighted by molar-refractivity contribution is -0.118. The Morgan fingerprint density at radius 1 is 1.50 bits per heavy atom. The zero-order chi connectivity index (χ0) is 17.3. The Balaban J connectivity index is 1.78. The number of anilines is 2. The normalized spacial score (nSPS) is 17.2. The molecule has 24 heavy (non-hydrogen) atoms. The molecule has 1 aromatic carbocycles. The molecule has 6 nitrogen and oxygen atoms in total. The van der Waals surface area contributed by atoms with Gasteiger partial charge in [-0.25, -0.2) is 9.97 Å². The number of hydrogen-bond donors (Lipinski definition) is 1. The van der Waals surface area contributed by atoms with E-state index >= 15 is 0 Å². The van der Waals surface area contributed by atoms with Crippen LogP contribution < -0.4 is 10.6 Å². The molecule has 0 saturated carbocycles. The van der Waals surface area contributed by atoms with E-state index < -0.39 is 0 Å². The fraction of sp³-hybridized carbons (Fsp3) is 0.294. The summed E-state index contributed by atoms with van der Waals surface area (Å²) in [5.74, 6) is 0.151. The van der Waals surface area contributed by atoms with Crippen molar-refractivity contribution in [2.75, 3.05) is 10.6 Å². The van der Waals surface area contributed by atoms with Crippen LogP contribution in [0.1, 0.15) is 25.0 Å². The lowest BCUT2D eigenvalue weighted by atomic mass is 10.1. The number of benzene rings is 1. The van der Waals surface area contributed by atoms with Crippen LogP contribution in [0.25, 0.3) is 0 Å². The SMILES string of the molecule is C[C@H](Sc1ncc(C#N)c(N)n1)C(=O)N1c2ccccc2C[C@H]1C. The van der Waals surface area contributed by atoms with Gasteiger partial charge in [-0.3, -0.25) is 4.79 Å². The van der Waals surface area contributed by atoms with Gasteiger partial charge < -0.3 is 10.6 Å². The second-order valence-electron chi connectivity index (χ2n) is 5.71. The molecule has 0 radical (unpaired) electrons. The van der Waals surface area contributed by atoms with Crippen molar-refractivity contribution >= 4 is 29.2 Å². The zero-order valence-electron chi connectivity index (χ0n) is 13.4. The topological polar surface area (TPSA) is 95.9 Å². The average molecular weight is 339 g/mol. The third-order valence-corrected chi connectivity index (χ3v) is 4.95. The van der Waals surface area contributed by atoms with Gasteiger partial charge in [0.2, 0.25) is 5.91 Å². The van der Waals surface area contributed by atoms with Crippen LogP contribution in [0, 0.1) is 11.3 Å². The summed E-state index contributed by atoms with van der Waals surface area (Å²) in [6.45, 7) is 3.88. The molecule has 0 bridgehead atoms. The van der Waals surface area contributed by atoms with E-state index in [1.54, 1.807) is 0 Å². The minimum atomic E-state index is -0.356. The zero-order valence-corrected chi connectivity index (χ0v) is 14.2. The van der Waals surface area contributed by atoms with Gasteiger partial charge in [-0.1, -0.05) is 30.0 Å². The first-order chi connectivity index (χ1) is 11.5. The molecular formula is C17H17N5OS. The van der Waals surface area contributed by atoms with Crippen molar-refractivity contribution in [3.63, 3.8) is 0 Å². The van der Waals surface area contributed by atoms with Gasteiger partial charge in [-0.2, -0.15) is 5.26 Å². The van der Waals surface area contributed by atoms with Crippen molar-refractivity contribution in [2.24, 2.45) is 0 Å². The fourth-order valence-electron chi connectivity index (χ4n) is 2.83. The van der Waals surface area contributed by atoms with Crippen molar-refractivity contribution in [3.8, 4) is 6.07 Å². The molecule has 0 aliphatic carbocycles. The highest BCUT2D eigenvalue weighted by Gasteiger charge is 2.33. The second kappa shape index (κ2) is 6.49. The summed E-state index contributed by atoms with van der Waals surface area (Å²) in [7, 11) is 0. The van der Waals surface area contributed by atoms with Crippen molar-refractivity contribution in [1.82, 2.24) is 9.97 Å². The number of nitrogens with zero attached hydrogens (tertiary/aromatic N) is 4. The molecule has 2 heterocycles. The minimum Gasteiger partial charge on any atom is -0.382 e. The molecule has 1 aromatic heterocycles. The van der Waals surface area contributed by atoms with Crippen LogP contribution >= 0.6 is 11.8 Å². The lowest BCUT2D eigenvalue weighted by Gasteiger charge is -2.25. The van der Waals surface area contributed by atoms with E-state index in [-0.39, 0.29) is 28.6 Å². The molecule has 2 N–H and O–H groups in total. The summed E-state index contributed by atoms with van der Waals surface area (Å²) in [6, 6.07) is 10.0. The number of fused-ring (bicyclic) bond motifs is 1. The Morgan fingerprint density at radius 3 is 2.96 bits per heavy atom. The summed E-state index contributed by atoms with van der Waals surface area (Å²) in [4.78, 5) is 22.9. The van der Waals surface area contributed by atoms with Gasteiger partial charge in [0.05, 0.1) is 11.4 Å². The van der Waals surface area contributed by atoms with Crippen molar-refractivity contribution in [2.45, 2.75) is 36.7 Å². The highest BCUT2D eigenvalue weighted by atomic mass is 32.2. The molecule has 1 amide bonds. The number of thioether (sulfide) groups is 1. The molecule has 2 atom stereocenters. The Hall–Kier alpha value is -2.59. The van der Waals surface area contributed by atoms with Gasteiger partial charge in [-0.15, -0.1) is 0 Å². The first kappa shape index (κ1) is 16.3. The Bertz CT molecular complexity index is 832. The number of hydrogen-bond acceptors (Lipinski definition) is 6. The van der Waals surface area contributed by atoms with Gasteiger partial charge in [0.1, 0.15) is 17.5 Å². The largest absolute Gasteiger partial charge is 0.382 e. The van der Waals surface area contributed by atoms with Crippen molar-refractivity contribution in [1.29, 1.82) is 5.26 Å². The standard InChI is InChI=1S/C17H17N5OS/c1-10-7-12-5-3-4-6-14(12)22(10)16(23)11(2)24-17-20-9-13(8-18)15(19)21-17/h3-6,9-11H,7H2,1-2H3,(H2,19,20,21)/t10-,11+/m1/s1. The molecule has 0 spiro atoms. The third kappa shape index (κ3) is 2.93. The number of amides is 1. The fourth-order valence-corrected chi connectivity index (χ4v) is 3.62. The molecule has 0 unspecified atom stereocenters. The van der Waals surface area contributed by atoms with Crippen LogP contribution in [0.4, 0.5) is 11.5 Å². The van der Waals surface area contributed by atoms with Crippen molar-refractivity contribution < 1.29 is 4.79 Å². The molecule has 1 aliphatic heterocycles. The van der Waals surface area contributed by atoms with E-state index in [1.165, 1.54) is 23.5 Å². The second-order valence-corrected chi connectivity index (χ2v) is 7.02. The summed E-state index contributed by atoms with van der Waals surface area (Å²) in [5.41, 5.74) is 8.11. The van der Waals surface area contributed by atoms with E-state index in [0.717, 1.165) is 12.1 Å². The van der Waals surface area contributed by atoms with Gasteiger partial charge >= 0.3 is 0 Å².